The predicted molar refractivity (Wildman–Crippen MR) is 50.9 cm³/mol. The lowest BCUT2D eigenvalue weighted by molar-refractivity contribution is 0.212. The lowest BCUT2D eigenvalue weighted by Gasteiger charge is -2.06. The molecule has 2 heteroatoms. The van der Waals surface area contributed by atoms with Crippen LogP contribution in [0.15, 0.2) is 36.3 Å². The van der Waals surface area contributed by atoms with Crippen molar-refractivity contribution >= 4 is 0 Å². The molecule has 0 rings (SSSR count). The number of hydrogen-bond acceptors (Lipinski definition) is 2. The van der Waals surface area contributed by atoms with Crippen molar-refractivity contribution in [1.82, 2.24) is 0 Å². The van der Waals surface area contributed by atoms with Gasteiger partial charge >= 0.3 is 0 Å². The van der Waals surface area contributed by atoms with E-state index in [0.717, 1.165) is 0 Å². The first-order chi connectivity index (χ1) is 5.72. The van der Waals surface area contributed by atoms with Crippen molar-refractivity contribution < 1.29 is 9.84 Å². The molecule has 0 radical (unpaired) electrons. The molecule has 0 aliphatic carbocycles. The van der Waals surface area contributed by atoms with E-state index < -0.39 is 0 Å². The van der Waals surface area contributed by atoms with E-state index in [9.17, 15) is 0 Å². The fraction of sp³-hybridized carbons (Fsp3) is 0.400. The van der Waals surface area contributed by atoms with Gasteiger partial charge in [0.15, 0.2) is 0 Å². The molecule has 0 saturated heterocycles. The lowest BCUT2D eigenvalue weighted by Crippen LogP contribution is -1.94. The van der Waals surface area contributed by atoms with Gasteiger partial charge in [0, 0.05) is 6.42 Å². The molecule has 0 amide bonds. The fourth-order valence-corrected chi connectivity index (χ4v) is 0.763. The van der Waals surface area contributed by atoms with Gasteiger partial charge in [0.1, 0.15) is 18.1 Å². The SMILES string of the molecule is C=CC=CCOC(CC)=C(C)O. The zero-order chi connectivity index (χ0) is 9.40. The summed E-state index contributed by atoms with van der Waals surface area (Å²) in [5.41, 5.74) is 0. The molecule has 0 aromatic heterocycles. The monoisotopic (exact) mass is 168 g/mol. The van der Waals surface area contributed by atoms with E-state index >= 15 is 0 Å². The molecule has 2 nitrogen and oxygen atoms in total. The number of allylic oxidation sites excluding steroid dienone is 4. The van der Waals surface area contributed by atoms with Crippen LogP contribution in [0, 0.1) is 0 Å². The molecule has 68 valence electrons. The van der Waals surface area contributed by atoms with Crippen LogP contribution in [0.4, 0.5) is 0 Å². The molecule has 0 aliphatic heterocycles. The van der Waals surface area contributed by atoms with Gasteiger partial charge in [-0.3, -0.25) is 0 Å². The summed E-state index contributed by atoms with van der Waals surface area (Å²) in [6.07, 6.45) is 6.04. The number of aliphatic hydroxyl groups is 1. The van der Waals surface area contributed by atoms with Crippen molar-refractivity contribution in [3.8, 4) is 0 Å². The molecule has 0 bridgehead atoms. The molecule has 0 aromatic carbocycles. The Morgan fingerprint density at radius 1 is 1.58 bits per heavy atom. The second-order valence-electron chi connectivity index (χ2n) is 2.34. The van der Waals surface area contributed by atoms with Crippen molar-refractivity contribution in [2.45, 2.75) is 20.3 Å². The van der Waals surface area contributed by atoms with E-state index in [1.807, 2.05) is 13.0 Å². The summed E-state index contributed by atoms with van der Waals surface area (Å²) in [5, 5.41) is 9.08. The van der Waals surface area contributed by atoms with Crippen LogP contribution >= 0.6 is 0 Å². The highest BCUT2D eigenvalue weighted by Crippen LogP contribution is 2.07. The summed E-state index contributed by atoms with van der Waals surface area (Å²) >= 11 is 0. The Hall–Kier alpha value is -1.18. The first-order valence-electron chi connectivity index (χ1n) is 4.01. The van der Waals surface area contributed by atoms with Gasteiger partial charge < -0.3 is 9.84 Å². The minimum Gasteiger partial charge on any atom is -0.509 e. The van der Waals surface area contributed by atoms with Gasteiger partial charge in [-0.25, -0.2) is 0 Å². The minimum atomic E-state index is 0.254. The second-order valence-corrected chi connectivity index (χ2v) is 2.34. The molecular formula is C10H16O2. The molecule has 12 heavy (non-hydrogen) atoms. The Labute approximate surface area is 73.9 Å². The zero-order valence-electron chi connectivity index (χ0n) is 7.71. The van der Waals surface area contributed by atoms with Crippen LogP contribution in [0.2, 0.25) is 0 Å². The maximum absolute atomic E-state index is 9.08. The van der Waals surface area contributed by atoms with Gasteiger partial charge in [0.2, 0.25) is 0 Å². The maximum atomic E-state index is 9.08. The zero-order valence-corrected chi connectivity index (χ0v) is 7.71. The van der Waals surface area contributed by atoms with Crippen LogP contribution in [-0.2, 0) is 4.74 Å². The van der Waals surface area contributed by atoms with Crippen molar-refractivity contribution in [3.05, 3.63) is 36.3 Å². The van der Waals surface area contributed by atoms with E-state index in [0.29, 0.717) is 18.8 Å². The molecule has 0 spiro atoms. The molecule has 1 N–H and O–H groups in total. The minimum absolute atomic E-state index is 0.254. The first kappa shape index (κ1) is 10.8. The molecule has 0 heterocycles. The average molecular weight is 168 g/mol. The Morgan fingerprint density at radius 3 is 2.67 bits per heavy atom. The third-order valence-corrected chi connectivity index (χ3v) is 1.35. The van der Waals surface area contributed by atoms with Gasteiger partial charge in [-0.05, 0) is 13.0 Å². The highest BCUT2D eigenvalue weighted by atomic mass is 16.5. The number of hydrogen-bond donors (Lipinski definition) is 1. The van der Waals surface area contributed by atoms with Crippen molar-refractivity contribution in [1.29, 1.82) is 0 Å². The highest BCUT2D eigenvalue weighted by molar-refractivity contribution is 5.00. The summed E-state index contributed by atoms with van der Waals surface area (Å²) < 4.78 is 5.25. The van der Waals surface area contributed by atoms with Crippen LogP contribution in [0.1, 0.15) is 20.3 Å². The molecule has 0 aliphatic rings. The smallest absolute Gasteiger partial charge is 0.133 e. The topological polar surface area (TPSA) is 29.5 Å². The van der Waals surface area contributed by atoms with Crippen LogP contribution < -0.4 is 0 Å². The van der Waals surface area contributed by atoms with Gasteiger partial charge in [0.05, 0.1) is 0 Å². The van der Waals surface area contributed by atoms with Gasteiger partial charge in [-0.15, -0.1) is 0 Å². The third kappa shape index (κ3) is 4.61. The molecule has 0 atom stereocenters. The lowest BCUT2D eigenvalue weighted by atomic mass is 10.3. The van der Waals surface area contributed by atoms with Crippen LogP contribution in [0.3, 0.4) is 0 Å². The largest absolute Gasteiger partial charge is 0.509 e. The Bertz CT molecular complexity index is 186. The molecular weight excluding hydrogens is 152 g/mol. The first-order valence-corrected chi connectivity index (χ1v) is 4.01. The number of ether oxygens (including phenoxy) is 1. The van der Waals surface area contributed by atoms with E-state index in [4.69, 9.17) is 9.84 Å². The van der Waals surface area contributed by atoms with Gasteiger partial charge in [0.25, 0.3) is 0 Å². The summed E-state index contributed by atoms with van der Waals surface area (Å²) in [4.78, 5) is 0. The van der Waals surface area contributed by atoms with E-state index in [1.165, 1.54) is 0 Å². The molecule has 0 unspecified atom stereocenters. The summed E-state index contributed by atoms with van der Waals surface area (Å²) in [5.74, 6) is 0.896. The van der Waals surface area contributed by atoms with Crippen LogP contribution in [0.25, 0.3) is 0 Å². The molecule has 0 aromatic rings. The van der Waals surface area contributed by atoms with Crippen LogP contribution in [0.5, 0.6) is 0 Å². The maximum Gasteiger partial charge on any atom is 0.133 e. The normalized spacial score (nSPS) is 12.8. The van der Waals surface area contributed by atoms with E-state index in [2.05, 4.69) is 6.58 Å². The highest BCUT2D eigenvalue weighted by Gasteiger charge is 1.97. The quantitative estimate of drug-likeness (QED) is 0.505. The molecule has 0 saturated carbocycles. The number of aliphatic hydroxyl groups excluding tert-OH is 1. The van der Waals surface area contributed by atoms with E-state index in [-0.39, 0.29) is 5.76 Å². The van der Waals surface area contributed by atoms with E-state index in [1.54, 1.807) is 19.1 Å². The summed E-state index contributed by atoms with van der Waals surface area (Å²) in [7, 11) is 0. The third-order valence-electron chi connectivity index (χ3n) is 1.35. The standard InChI is InChI=1S/C10H16O2/c1-4-6-7-8-12-10(5-2)9(3)11/h4,6-7,11H,1,5,8H2,2-3H3. The molecule has 0 fully saturated rings. The van der Waals surface area contributed by atoms with Gasteiger partial charge in [-0.2, -0.15) is 0 Å². The number of rotatable bonds is 5. The van der Waals surface area contributed by atoms with Gasteiger partial charge in [-0.1, -0.05) is 25.7 Å². The average Bonchev–Trinajstić information content (AvgIpc) is 2.04. The van der Waals surface area contributed by atoms with Crippen molar-refractivity contribution in [2.24, 2.45) is 0 Å². The van der Waals surface area contributed by atoms with Crippen LogP contribution in [-0.4, -0.2) is 11.7 Å². The summed E-state index contributed by atoms with van der Waals surface area (Å²) in [6, 6.07) is 0. The van der Waals surface area contributed by atoms with Crippen molar-refractivity contribution in [2.75, 3.05) is 6.61 Å². The Kier molecular flexibility index (Phi) is 5.88. The summed E-state index contributed by atoms with van der Waals surface area (Å²) in [6.45, 7) is 7.57. The van der Waals surface area contributed by atoms with Crippen molar-refractivity contribution in [3.63, 3.8) is 0 Å². The predicted octanol–water partition coefficient (Wildman–Crippen LogP) is 2.94. The second kappa shape index (κ2) is 6.53. The Balaban J connectivity index is 3.82. The Morgan fingerprint density at radius 2 is 2.25 bits per heavy atom. The fourth-order valence-electron chi connectivity index (χ4n) is 0.763.